The summed E-state index contributed by atoms with van der Waals surface area (Å²) in [5.41, 5.74) is 15.3. The van der Waals surface area contributed by atoms with E-state index in [2.05, 4.69) is 129 Å². The van der Waals surface area contributed by atoms with Crippen LogP contribution >= 0.6 is 0 Å². The van der Waals surface area contributed by atoms with E-state index in [-0.39, 0.29) is 187 Å². The SMILES string of the molecule is C.CCOC(=O)CC(=O)C[C@](O)(CCc1cc(CC)nc(CC)c1)C1CCCC1.CCOC(=O)CC(=O)[O-].CCc1cc(CC[C@@](O)(CC(=O)O)C2CCCC2)cc(CC)n1.CCc1cc(CC[C@@](O)(CC(=O)[O-])C2CCCC2)cc(CC)n1.CCc1cc(CC[C@]2(C3CCCC3)CC(O)=CC(=O)O2)cc(CC)n1.N[C@H](CO)[C@H](O)c1ccc([N+](=O)[O-])cc1.[Cl-].[Cl-].[K+].[Mg+2]. The number of aromatic nitrogens is 4. The van der Waals surface area contributed by atoms with Crippen molar-refractivity contribution in [3.05, 3.63) is 168 Å². The van der Waals surface area contributed by atoms with E-state index in [1.807, 2.05) is 0 Å². The molecule has 1 aromatic carbocycles. The number of hydrogen-bond acceptors (Lipinski definition) is 25. The van der Waals surface area contributed by atoms with Gasteiger partial charge >= 0.3 is 98.3 Å². The molecule has 4 saturated carbocycles. The number of benzene rings is 1. The summed E-state index contributed by atoms with van der Waals surface area (Å²) < 4.78 is 15.0. The molecule has 9 N–H and O–H groups in total. The van der Waals surface area contributed by atoms with Crippen LogP contribution < -0.4 is 92.1 Å². The Morgan fingerprint density at radius 1 is 0.531 bits per heavy atom. The molecule has 0 radical (unpaired) electrons. The normalized spacial score (nSPS) is 17.2. The summed E-state index contributed by atoms with van der Waals surface area (Å²) in [6, 6.07) is 21.5. The van der Waals surface area contributed by atoms with Gasteiger partial charge in [-0.3, -0.25) is 49.2 Å². The van der Waals surface area contributed by atoms with Gasteiger partial charge in [0.25, 0.3) is 5.69 Å². The number of halogens is 2. The number of carboxylic acid groups (broad SMARTS) is 3. The third kappa shape index (κ3) is 42.1. The smallest absolute Gasteiger partial charge is 1.00 e. The molecule has 31 heteroatoms. The first-order chi connectivity index (χ1) is 58.6. The number of aryl methyl sites for hydroxylation is 12. The summed E-state index contributed by atoms with van der Waals surface area (Å²) >= 11 is 0. The Morgan fingerprint density at radius 3 is 1.15 bits per heavy atom. The van der Waals surface area contributed by atoms with Crippen molar-refractivity contribution in [3.8, 4) is 0 Å². The minimum atomic E-state index is -1.41. The molecule has 0 unspecified atom stereocenters. The summed E-state index contributed by atoms with van der Waals surface area (Å²) in [6.45, 7) is 20.2. The number of nitrogens with two attached hydrogens (primary N) is 1. The number of aliphatic carboxylic acids is 3. The number of Topliss-reactive ketones (excluding diaryl/α,β-unsaturated/α-hetero) is 1. The van der Waals surface area contributed by atoms with Crippen LogP contribution in [-0.4, -0.2) is 174 Å². The van der Waals surface area contributed by atoms with Crippen LogP contribution in [0.15, 0.2) is 84.6 Å². The summed E-state index contributed by atoms with van der Waals surface area (Å²) in [6.07, 6.45) is 28.4. The van der Waals surface area contributed by atoms with Crippen LogP contribution in [0.25, 0.3) is 0 Å². The van der Waals surface area contributed by atoms with Crippen LogP contribution in [0.4, 0.5) is 5.69 Å². The third-order valence-electron chi connectivity index (χ3n) is 24.5. The number of nitro groups is 1. The quantitative estimate of drug-likeness (QED) is 0.00684. The van der Waals surface area contributed by atoms with Crippen LogP contribution in [0.5, 0.6) is 0 Å². The van der Waals surface area contributed by atoms with E-state index < -0.39 is 81.7 Å². The first kappa shape index (κ1) is 122. The van der Waals surface area contributed by atoms with Crippen LogP contribution in [-0.2, 0) is 125 Å². The Morgan fingerprint density at radius 2 is 0.852 bits per heavy atom. The molecule has 5 aromatic rings. The van der Waals surface area contributed by atoms with Crippen LogP contribution in [0, 0.1) is 33.8 Å². The van der Waals surface area contributed by atoms with Gasteiger partial charge in [0.05, 0.1) is 78.6 Å². The average Bonchev–Trinajstić information content (AvgIpc) is 1.40. The number of carbonyl (C=O) groups excluding carboxylic acids is 6. The van der Waals surface area contributed by atoms with Gasteiger partial charge < -0.3 is 100 Å². The molecule has 0 spiro atoms. The first-order valence-electron chi connectivity index (χ1n) is 45.1. The van der Waals surface area contributed by atoms with Crippen LogP contribution in [0.2, 0.25) is 0 Å². The monoisotopic (exact) mass is 1860 g/mol. The average molecular weight is 1860 g/mol. The molecule has 128 heavy (non-hydrogen) atoms. The molecule has 4 fully saturated rings. The minimum Gasteiger partial charge on any atom is -1.00 e. The molecule has 0 amide bonds. The Hall–Kier alpha value is -6.01. The summed E-state index contributed by atoms with van der Waals surface area (Å²) in [7, 11) is 0. The van der Waals surface area contributed by atoms with E-state index in [9.17, 15) is 84.5 Å². The van der Waals surface area contributed by atoms with E-state index in [1.165, 1.54) is 48.7 Å². The summed E-state index contributed by atoms with van der Waals surface area (Å²) in [5, 5.41) is 102. The first-order valence-corrected chi connectivity index (χ1v) is 45.1. The molecular formula is C97H144Cl2KMgN6O21-. The van der Waals surface area contributed by atoms with E-state index in [1.54, 1.807) is 13.8 Å². The van der Waals surface area contributed by atoms with E-state index in [0.717, 1.165) is 216 Å². The molecule has 5 aliphatic rings. The Balaban J connectivity index is 0.00000154. The maximum absolute atomic E-state index is 12.4. The molecule has 6 atom stereocenters. The molecule has 0 saturated heterocycles. The van der Waals surface area contributed by atoms with Gasteiger partial charge in [0.2, 0.25) is 0 Å². The molecule has 0 bridgehead atoms. The number of rotatable bonds is 40. The van der Waals surface area contributed by atoms with Gasteiger partial charge in [-0.05, 0) is 280 Å². The number of ether oxygens (including phenoxy) is 3. The zero-order valence-electron chi connectivity index (χ0n) is 77.1. The van der Waals surface area contributed by atoms with Gasteiger partial charge in [-0.15, -0.1) is 0 Å². The fraction of sp³-hybridized carbons (Fsp3) is 0.639. The molecular weight excluding hydrogens is 1720 g/mol. The Bertz CT molecular complexity index is 4020. The topological polar surface area (TPSA) is 456 Å². The number of nitro benzene ring substituents is 1. The zero-order valence-corrected chi connectivity index (χ0v) is 83.1. The number of non-ortho nitro benzene ring substituents is 1. The maximum Gasteiger partial charge on any atom is 2.00 e. The van der Waals surface area contributed by atoms with Crippen molar-refractivity contribution in [2.45, 2.75) is 355 Å². The van der Waals surface area contributed by atoms with Crippen molar-refractivity contribution in [2.24, 2.45) is 29.4 Å². The van der Waals surface area contributed by atoms with Crippen LogP contribution in [0.3, 0.4) is 0 Å². The van der Waals surface area contributed by atoms with Gasteiger partial charge in [-0.1, -0.05) is 114 Å². The predicted octanol–water partition coefficient (Wildman–Crippen LogP) is 4.07. The standard InChI is InChI=1S/C23H35NO4.C21H29NO3.2C19H29NO3.C9H12N2O4.C5H8O4.CH4.2ClH.K.Mg/c1-4-19-13-17(14-20(5-2)24-19)11-12-23(27,18-9-7-8-10-18)16-21(25)15-22(26)28-6-3;1-3-17-11-15(12-18(4-2)22-17)9-10-21(16-7-5-6-8-16)14-19(23)13-20(24)25-21;2*1-3-16-11-14(12-17(4-2)20-16)9-10-19(23,13-18(21)22)15-7-5-6-8-15;10-8(5-12)9(13)6-1-3-7(4-2-6)11(14)15;1-2-9-5(8)3-4(6)7;;;;;/h13-14,18,27H,4-12,15-16H2,1-3H3;11-13,16,23H,3-10,14H2,1-2H3;2*11-12,15,23H,3-10,13H2,1-2H3,(H,21,22);1-4,8-9,12-13H,5,10H2;2-3H2,1H3,(H,6,7);1H4;2*1H;;/q;;;;;;;;;+1;+2/p-4/t23-;21-;2*19-;8-,9-;;;;;;/m11111....../s1. The van der Waals surface area contributed by atoms with E-state index in [4.69, 9.17) is 20.3 Å². The second kappa shape index (κ2) is 63.2. The summed E-state index contributed by atoms with van der Waals surface area (Å²) in [4.78, 5) is 107. The number of esters is 3. The molecule has 706 valence electrons. The van der Waals surface area contributed by atoms with Crippen molar-refractivity contribution in [1.82, 2.24) is 19.9 Å². The van der Waals surface area contributed by atoms with Crippen molar-refractivity contribution in [1.29, 1.82) is 0 Å². The molecule has 4 aliphatic carbocycles. The van der Waals surface area contributed by atoms with Crippen molar-refractivity contribution in [3.63, 3.8) is 0 Å². The number of cyclic esters (lactones) is 1. The number of ketones is 1. The maximum atomic E-state index is 12.4. The number of carboxylic acids is 3. The fourth-order valence-corrected chi connectivity index (χ4v) is 17.6. The number of nitrogens with zero attached hydrogens (tertiary/aromatic N) is 5. The Kier molecular flexibility index (Phi) is 60.3. The molecule has 4 aromatic heterocycles. The van der Waals surface area contributed by atoms with Gasteiger partial charge in [0.15, 0.2) is 0 Å². The number of aliphatic hydroxyl groups excluding tert-OH is 3. The van der Waals surface area contributed by atoms with Gasteiger partial charge in [-0.25, -0.2) is 4.79 Å². The fourth-order valence-electron chi connectivity index (χ4n) is 17.6. The molecule has 5 heterocycles. The van der Waals surface area contributed by atoms with Crippen LogP contribution in [0.1, 0.15) is 323 Å². The van der Waals surface area contributed by atoms with Crippen molar-refractivity contribution >= 4 is 70.3 Å². The van der Waals surface area contributed by atoms with E-state index >= 15 is 0 Å². The van der Waals surface area contributed by atoms with Crippen molar-refractivity contribution < 1.29 is 175 Å². The van der Waals surface area contributed by atoms with Gasteiger partial charge in [-0.2, -0.15) is 0 Å². The molecule has 27 nitrogen and oxygen atoms in total. The number of carbonyl (C=O) groups is 7. The second-order valence-electron chi connectivity index (χ2n) is 33.5. The number of hydrogen-bond donors (Lipinski definition) is 8. The zero-order chi connectivity index (χ0) is 90.9. The molecule has 1 aliphatic heterocycles. The second-order valence-corrected chi connectivity index (χ2v) is 33.5. The molecule has 10 rings (SSSR count). The summed E-state index contributed by atoms with van der Waals surface area (Å²) in [5.74, 6) is -4.50. The third-order valence-corrected chi connectivity index (χ3v) is 24.5. The minimum absolute atomic E-state index is 0. The Labute approximate surface area is 830 Å². The number of aliphatic hydroxyl groups is 6. The van der Waals surface area contributed by atoms with Gasteiger partial charge in [0.1, 0.15) is 23.6 Å². The number of pyridine rings is 4. The predicted molar refractivity (Wildman–Crippen MR) is 477 cm³/mol. The largest absolute Gasteiger partial charge is 2.00 e. The van der Waals surface area contributed by atoms with Gasteiger partial charge in [0, 0.05) is 82.9 Å². The van der Waals surface area contributed by atoms with E-state index in [0.29, 0.717) is 56.4 Å². The van der Waals surface area contributed by atoms with Crippen molar-refractivity contribution in [2.75, 3.05) is 19.8 Å².